The third-order valence-electron chi connectivity index (χ3n) is 3.37. The zero-order chi connectivity index (χ0) is 18.9. The number of phenolic OH excluding ortho intramolecular Hbond substituents is 1. The summed E-state index contributed by atoms with van der Waals surface area (Å²) >= 11 is 0. The molecule has 0 aliphatic rings. The molecule has 0 heterocycles. The number of aromatic hydroxyl groups is 1. The molecule has 26 heavy (non-hydrogen) atoms. The maximum atomic E-state index is 12.0. The van der Waals surface area contributed by atoms with Gasteiger partial charge in [0.1, 0.15) is 5.75 Å². The Kier molecular flexibility index (Phi) is 6.57. The Labute approximate surface area is 151 Å². The van der Waals surface area contributed by atoms with Crippen molar-refractivity contribution in [3.63, 3.8) is 0 Å². The highest BCUT2D eigenvalue weighted by Gasteiger charge is 2.14. The molecular weight excluding hydrogens is 334 g/mol. The lowest BCUT2D eigenvalue weighted by molar-refractivity contribution is -0.127. The minimum absolute atomic E-state index is 0.0470. The normalized spacial score (nSPS) is 11.6. The van der Waals surface area contributed by atoms with Crippen molar-refractivity contribution in [1.29, 1.82) is 5.26 Å². The van der Waals surface area contributed by atoms with Crippen LogP contribution in [0.25, 0.3) is 0 Å². The van der Waals surface area contributed by atoms with E-state index in [0.29, 0.717) is 29.2 Å². The maximum Gasteiger partial charge on any atom is 0.280 e. The van der Waals surface area contributed by atoms with Crippen LogP contribution in [0.15, 0.2) is 47.6 Å². The molecule has 1 atom stereocenters. The predicted molar refractivity (Wildman–Crippen MR) is 96.3 cm³/mol. The van der Waals surface area contributed by atoms with E-state index < -0.39 is 12.0 Å². The number of carbonyl (C=O) groups is 1. The maximum absolute atomic E-state index is 12.0. The number of para-hydroxylation sites is 1. The van der Waals surface area contributed by atoms with Crippen molar-refractivity contribution in [2.75, 3.05) is 6.61 Å². The van der Waals surface area contributed by atoms with E-state index in [1.165, 1.54) is 6.21 Å². The van der Waals surface area contributed by atoms with E-state index >= 15 is 0 Å². The van der Waals surface area contributed by atoms with Gasteiger partial charge in [0.25, 0.3) is 5.91 Å². The molecule has 0 fully saturated rings. The Hall–Kier alpha value is -3.53. The van der Waals surface area contributed by atoms with Crippen LogP contribution in [-0.2, 0) is 4.79 Å². The number of benzene rings is 2. The fraction of sp³-hybridized carbons (Fsp3) is 0.211. The molecule has 0 bridgehead atoms. The molecule has 2 rings (SSSR count). The second-order valence-electron chi connectivity index (χ2n) is 5.26. The topological polar surface area (TPSA) is 104 Å². The van der Waals surface area contributed by atoms with Crippen LogP contribution < -0.4 is 14.9 Å². The second kappa shape index (κ2) is 9.08. The average Bonchev–Trinajstić information content (AvgIpc) is 2.65. The minimum atomic E-state index is -0.788. The van der Waals surface area contributed by atoms with Crippen LogP contribution >= 0.6 is 0 Å². The van der Waals surface area contributed by atoms with Crippen molar-refractivity contribution in [1.82, 2.24) is 5.43 Å². The molecule has 7 heteroatoms. The van der Waals surface area contributed by atoms with E-state index in [4.69, 9.17) is 14.7 Å². The molecule has 2 aromatic carbocycles. The lowest BCUT2D eigenvalue weighted by Gasteiger charge is -2.12. The number of carbonyl (C=O) groups excluding carboxylic acids is 1. The number of nitriles is 1. The number of nitrogens with zero attached hydrogens (tertiary/aromatic N) is 2. The largest absolute Gasteiger partial charge is 0.504 e. The van der Waals surface area contributed by atoms with Gasteiger partial charge in [0.2, 0.25) is 0 Å². The number of nitrogens with one attached hydrogen (secondary N) is 1. The first-order valence-corrected chi connectivity index (χ1v) is 7.99. The molecule has 2 N–H and O–H groups in total. The van der Waals surface area contributed by atoms with Crippen LogP contribution in [0, 0.1) is 11.3 Å². The fourth-order valence-corrected chi connectivity index (χ4v) is 2.04. The molecule has 0 aromatic heterocycles. The highest BCUT2D eigenvalue weighted by Crippen LogP contribution is 2.28. The van der Waals surface area contributed by atoms with Crippen molar-refractivity contribution < 1.29 is 19.4 Å². The lowest BCUT2D eigenvalue weighted by Crippen LogP contribution is -2.33. The van der Waals surface area contributed by atoms with Gasteiger partial charge in [0, 0.05) is 5.56 Å². The fourth-order valence-electron chi connectivity index (χ4n) is 2.04. The van der Waals surface area contributed by atoms with Crippen molar-refractivity contribution in [2.45, 2.75) is 20.0 Å². The van der Waals surface area contributed by atoms with Gasteiger partial charge in [-0.1, -0.05) is 6.07 Å². The van der Waals surface area contributed by atoms with E-state index in [-0.39, 0.29) is 5.75 Å². The smallest absolute Gasteiger partial charge is 0.280 e. The highest BCUT2D eigenvalue weighted by molar-refractivity contribution is 5.87. The summed E-state index contributed by atoms with van der Waals surface area (Å²) < 4.78 is 10.8. The van der Waals surface area contributed by atoms with Gasteiger partial charge in [0.15, 0.2) is 17.6 Å². The first-order valence-electron chi connectivity index (χ1n) is 7.99. The SMILES string of the molecule is CCOc1cccc(/C=N/NC(=O)C(C)Oc2ccc(C#N)cc2)c1O. The summed E-state index contributed by atoms with van der Waals surface area (Å²) in [6, 6.07) is 13.4. The Morgan fingerprint density at radius 3 is 2.73 bits per heavy atom. The molecule has 0 saturated carbocycles. The molecule has 2 aromatic rings. The molecule has 1 unspecified atom stereocenters. The van der Waals surface area contributed by atoms with Crippen LogP contribution in [-0.4, -0.2) is 29.9 Å². The predicted octanol–water partition coefficient (Wildman–Crippen LogP) is 2.58. The Balaban J connectivity index is 1.94. The van der Waals surface area contributed by atoms with E-state index in [0.717, 1.165) is 0 Å². The Morgan fingerprint density at radius 1 is 1.35 bits per heavy atom. The summed E-state index contributed by atoms with van der Waals surface area (Å²) in [5.41, 5.74) is 3.27. The van der Waals surface area contributed by atoms with Crippen molar-refractivity contribution in [2.24, 2.45) is 5.10 Å². The monoisotopic (exact) mass is 353 g/mol. The first-order chi connectivity index (χ1) is 12.5. The van der Waals surface area contributed by atoms with E-state index in [1.54, 1.807) is 49.4 Å². The van der Waals surface area contributed by atoms with Gasteiger partial charge < -0.3 is 14.6 Å². The Morgan fingerprint density at radius 2 is 2.08 bits per heavy atom. The molecule has 134 valence electrons. The van der Waals surface area contributed by atoms with Crippen LogP contribution in [0.2, 0.25) is 0 Å². The standard InChI is InChI=1S/C19H19N3O4/c1-3-25-17-6-4-5-15(18(17)23)12-21-22-19(24)13(2)26-16-9-7-14(11-20)8-10-16/h4-10,12-13,23H,3H2,1-2H3,(H,22,24)/b21-12+. The van der Waals surface area contributed by atoms with Gasteiger partial charge in [0.05, 0.1) is 24.5 Å². The zero-order valence-corrected chi connectivity index (χ0v) is 14.5. The molecule has 0 spiro atoms. The number of hydrogen-bond acceptors (Lipinski definition) is 6. The van der Waals surface area contributed by atoms with Gasteiger partial charge in [-0.05, 0) is 50.2 Å². The van der Waals surface area contributed by atoms with E-state index in [2.05, 4.69) is 10.5 Å². The van der Waals surface area contributed by atoms with E-state index in [9.17, 15) is 9.90 Å². The quantitative estimate of drug-likeness (QED) is 0.588. The summed E-state index contributed by atoms with van der Waals surface area (Å²) in [5, 5.41) is 22.6. The summed E-state index contributed by atoms with van der Waals surface area (Å²) in [4.78, 5) is 12.0. The minimum Gasteiger partial charge on any atom is -0.504 e. The molecular formula is C19H19N3O4. The average molecular weight is 353 g/mol. The number of rotatable bonds is 7. The molecule has 0 aliphatic heterocycles. The molecule has 0 aliphatic carbocycles. The van der Waals surface area contributed by atoms with Crippen LogP contribution in [0.4, 0.5) is 0 Å². The summed E-state index contributed by atoms with van der Waals surface area (Å²) in [6.45, 7) is 3.82. The molecule has 0 radical (unpaired) electrons. The highest BCUT2D eigenvalue weighted by atomic mass is 16.5. The number of amides is 1. The van der Waals surface area contributed by atoms with Crippen molar-refractivity contribution in [3.8, 4) is 23.3 Å². The molecule has 1 amide bonds. The summed E-state index contributed by atoms with van der Waals surface area (Å²) in [5.74, 6) is 0.318. The van der Waals surface area contributed by atoms with Gasteiger partial charge in [-0.3, -0.25) is 4.79 Å². The van der Waals surface area contributed by atoms with Crippen LogP contribution in [0.1, 0.15) is 25.0 Å². The second-order valence-corrected chi connectivity index (χ2v) is 5.26. The van der Waals surface area contributed by atoms with Crippen LogP contribution in [0.3, 0.4) is 0 Å². The lowest BCUT2D eigenvalue weighted by atomic mass is 10.2. The molecule has 0 saturated heterocycles. The number of phenols is 1. The third-order valence-corrected chi connectivity index (χ3v) is 3.37. The van der Waals surface area contributed by atoms with Gasteiger partial charge in [-0.2, -0.15) is 10.4 Å². The summed E-state index contributed by atoms with van der Waals surface area (Å²) in [7, 11) is 0. The number of hydrazone groups is 1. The van der Waals surface area contributed by atoms with Crippen LogP contribution in [0.5, 0.6) is 17.2 Å². The Bertz CT molecular complexity index is 826. The molecule has 7 nitrogen and oxygen atoms in total. The first kappa shape index (κ1) is 18.8. The number of ether oxygens (including phenoxy) is 2. The van der Waals surface area contributed by atoms with Gasteiger partial charge in [-0.25, -0.2) is 5.43 Å². The zero-order valence-electron chi connectivity index (χ0n) is 14.5. The third kappa shape index (κ3) is 4.98. The van der Waals surface area contributed by atoms with E-state index in [1.807, 2.05) is 13.0 Å². The van der Waals surface area contributed by atoms with Gasteiger partial charge >= 0.3 is 0 Å². The number of hydrogen-bond donors (Lipinski definition) is 2. The van der Waals surface area contributed by atoms with Gasteiger partial charge in [-0.15, -0.1) is 0 Å². The van der Waals surface area contributed by atoms with Crippen molar-refractivity contribution >= 4 is 12.1 Å². The van der Waals surface area contributed by atoms with Crippen molar-refractivity contribution in [3.05, 3.63) is 53.6 Å². The summed E-state index contributed by atoms with van der Waals surface area (Å²) in [6.07, 6.45) is 0.535.